The van der Waals surface area contributed by atoms with Crippen LogP contribution in [0.1, 0.15) is 65.7 Å². The average Bonchev–Trinajstić information content (AvgIpc) is 2.53. The fraction of sp³-hybridized carbons (Fsp3) is 0.875. The molecular formula is C16H26O4. The number of esters is 2. The molecule has 1 saturated carbocycles. The Kier molecular flexibility index (Phi) is 4.71. The number of carbonyl (C=O) groups is 2. The van der Waals surface area contributed by atoms with Crippen molar-refractivity contribution in [1.82, 2.24) is 0 Å². The summed E-state index contributed by atoms with van der Waals surface area (Å²) < 4.78 is 11.3. The van der Waals surface area contributed by atoms with E-state index in [1.54, 1.807) is 0 Å². The third-order valence-electron chi connectivity index (χ3n) is 4.88. The molecule has 2 fully saturated rings. The molecule has 0 aromatic carbocycles. The van der Waals surface area contributed by atoms with Crippen LogP contribution in [0.2, 0.25) is 0 Å². The molecule has 4 nitrogen and oxygen atoms in total. The molecule has 1 aliphatic heterocycles. The Morgan fingerprint density at radius 2 is 2.20 bits per heavy atom. The quantitative estimate of drug-likeness (QED) is 0.743. The monoisotopic (exact) mass is 282 g/mol. The predicted octanol–water partition coefficient (Wildman–Crippen LogP) is 3.23. The van der Waals surface area contributed by atoms with E-state index in [1.165, 1.54) is 0 Å². The van der Waals surface area contributed by atoms with Crippen LogP contribution in [-0.2, 0) is 19.1 Å². The van der Waals surface area contributed by atoms with Crippen LogP contribution in [0.5, 0.6) is 0 Å². The summed E-state index contributed by atoms with van der Waals surface area (Å²) in [4.78, 5) is 24.6. The van der Waals surface area contributed by atoms with Crippen LogP contribution in [0.3, 0.4) is 0 Å². The van der Waals surface area contributed by atoms with Gasteiger partial charge in [0.25, 0.3) is 0 Å². The molecule has 4 atom stereocenters. The molecule has 1 aliphatic carbocycles. The molecule has 0 N–H and O–H groups in total. The van der Waals surface area contributed by atoms with Crippen LogP contribution < -0.4 is 0 Å². The van der Waals surface area contributed by atoms with Crippen molar-refractivity contribution in [2.24, 2.45) is 11.8 Å². The number of hydrogen-bond acceptors (Lipinski definition) is 4. The molecular weight excluding hydrogens is 256 g/mol. The van der Waals surface area contributed by atoms with Crippen molar-refractivity contribution in [3.63, 3.8) is 0 Å². The van der Waals surface area contributed by atoms with Crippen LogP contribution in [-0.4, -0.2) is 23.6 Å². The third-order valence-corrected chi connectivity index (χ3v) is 4.88. The van der Waals surface area contributed by atoms with Crippen molar-refractivity contribution < 1.29 is 19.1 Å². The summed E-state index contributed by atoms with van der Waals surface area (Å²) in [7, 11) is 0. The largest absolute Gasteiger partial charge is 0.459 e. The van der Waals surface area contributed by atoms with E-state index in [4.69, 9.17) is 9.47 Å². The molecule has 0 radical (unpaired) electrons. The molecule has 0 spiro atoms. The Balaban J connectivity index is 2.18. The lowest BCUT2D eigenvalue weighted by molar-refractivity contribution is -0.187. The smallest absolute Gasteiger partial charge is 0.350 e. The van der Waals surface area contributed by atoms with E-state index in [0.29, 0.717) is 18.8 Å². The van der Waals surface area contributed by atoms with Gasteiger partial charge in [-0.3, -0.25) is 4.79 Å². The first-order chi connectivity index (χ1) is 9.50. The van der Waals surface area contributed by atoms with E-state index in [1.807, 2.05) is 20.8 Å². The highest BCUT2D eigenvalue weighted by Gasteiger charge is 2.49. The second kappa shape index (κ2) is 6.15. The van der Waals surface area contributed by atoms with Gasteiger partial charge in [0.2, 0.25) is 5.60 Å². The van der Waals surface area contributed by atoms with Crippen LogP contribution in [0, 0.1) is 11.8 Å². The van der Waals surface area contributed by atoms with Gasteiger partial charge in [-0.15, -0.1) is 0 Å². The number of ether oxygens (including phenoxy) is 2. The van der Waals surface area contributed by atoms with E-state index in [-0.39, 0.29) is 24.0 Å². The van der Waals surface area contributed by atoms with Gasteiger partial charge in [0.05, 0.1) is 5.92 Å². The van der Waals surface area contributed by atoms with Gasteiger partial charge >= 0.3 is 11.9 Å². The molecule has 114 valence electrons. The fourth-order valence-electron chi connectivity index (χ4n) is 3.25. The summed E-state index contributed by atoms with van der Waals surface area (Å²) in [6.07, 6.45) is 5.95. The van der Waals surface area contributed by atoms with Crippen LogP contribution in [0.25, 0.3) is 0 Å². The van der Waals surface area contributed by atoms with Crippen molar-refractivity contribution in [2.75, 3.05) is 0 Å². The topological polar surface area (TPSA) is 52.6 Å². The van der Waals surface area contributed by atoms with Gasteiger partial charge in [0.15, 0.2) is 0 Å². The highest BCUT2D eigenvalue weighted by atomic mass is 16.6. The lowest BCUT2D eigenvalue weighted by Gasteiger charge is -2.31. The Labute approximate surface area is 121 Å². The van der Waals surface area contributed by atoms with Crippen LogP contribution >= 0.6 is 0 Å². The number of rotatable bonds is 4. The van der Waals surface area contributed by atoms with Gasteiger partial charge in [0.1, 0.15) is 6.10 Å². The van der Waals surface area contributed by atoms with Crippen molar-refractivity contribution in [3.8, 4) is 0 Å². The SMILES string of the molecule is CCC(C)C(=O)OC1(CC)CC2CCCC(C2)OC1=O. The van der Waals surface area contributed by atoms with Gasteiger partial charge in [0, 0.05) is 6.42 Å². The summed E-state index contributed by atoms with van der Waals surface area (Å²) >= 11 is 0. The minimum atomic E-state index is -1.05. The van der Waals surface area contributed by atoms with Gasteiger partial charge < -0.3 is 9.47 Å². The summed E-state index contributed by atoms with van der Waals surface area (Å²) in [5, 5.41) is 0. The molecule has 0 aromatic rings. The third kappa shape index (κ3) is 2.99. The first-order valence-electron chi connectivity index (χ1n) is 7.94. The van der Waals surface area contributed by atoms with Crippen molar-refractivity contribution in [1.29, 1.82) is 0 Å². The predicted molar refractivity (Wildman–Crippen MR) is 75.0 cm³/mol. The summed E-state index contributed by atoms with van der Waals surface area (Å²) in [6, 6.07) is 0. The Bertz CT molecular complexity index is 379. The maximum Gasteiger partial charge on any atom is 0.350 e. The summed E-state index contributed by atoms with van der Waals surface area (Å²) in [6.45, 7) is 5.69. The van der Waals surface area contributed by atoms with E-state index in [9.17, 15) is 9.59 Å². The minimum Gasteiger partial charge on any atom is -0.459 e. The highest BCUT2D eigenvalue weighted by molar-refractivity contribution is 5.84. The number of hydrogen-bond donors (Lipinski definition) is 0. The molecule has 2 aliphatic rings. The molecule has 2 bridgehead atoms. The lowest BCUT2D eigenvalue weighted by atomic mass is 9.80. The van der Waals surface area contributed by atoms with Crippen molar-refractivity contribution >= 4 is 11.9 Å². The first kappa shape index (κ1) is 15.3. The van der Waals surface area contributed by atoms with Gasteiger partial charge in [-0.2, -0.15) is 0 Å². The fourth-order valence-corrected chi connectivity index (χ4v) is 3.25. The minimum absolute atomic E-state index is 0.0250. The lowest BCUT2D eigenvalue weighted by Crippen LogP contribution is -2.45. The highest BCUT2D eigenvalue weighted by Crippen LogP contribution is 2.40. The van der Waals surface area contributed by atoms with E-state index < -0.39 is 5.60 Å². The molecule has 4 heteroatoms. The molecule has 20 heavy (non-hydrogen) atoms. The zero-order chi connectivity index (χ0) is 14.8. The van der Waals surface area contributed by atoms with Gasteiger partial charge in [-0.25, -0.2) is 4.79 Å². The molecule has 0 aromatic heterocycles. The van der Waals surface area contributed by atoms with E-state index >= 15 is 0 Å². The van der Waals surface area contributed by atoms with Crippen LogP contribution in [0.4, 0.5) is 0 Å². The molecule has 1 saturated heterocycles. The number of carbonyl (C=O) groups excluding carboxylic acids is 2. The molecule has 2 rings (SSSR count). The summed E-state index contributed by atoms with van der Waals surface area (Å²) in [5.41, 5.74) is -1.05. The first-order valence-corrected chi connectivity index (χ1v) is 7.94. The van der Waals surface area contributed by atoms with Crippen molar-refractivity contribution in [2.45, 2.75) is 77.4 Å². The average molecular weight is 282 g/mol. The maximum absolute atomic E-state index is 12.5. The van der Waals surface area contributed by atoms with Gasteiger partial charge in [-0.05, 0) is 38.0 Å². The zero-order valence-corrected chi connectivity index (χ0v) is 12.8. The second-order valence-electron chi connectivity index (χ2n) is 6.34. The van der Waals surface area contributed by atoms with Crippen LogP contribution in [0.15, 0.2) is 0 Å². The van der Waals surface area contributed by atoms with Crippen molar-refractivity contribution in [3.05, 3.63) is 0 Å². The van der Waals surface area contributed by atoms with Gasteiger partial charge in [-0.1, -0.05) is 27.2 Å². The molecule has 1 heterocycles. The standard InChI is InChI=1S/C16H26O4/c1-4-11(3)14(17)20-16(5-2)10-12-7-6-8-13(9-12)19-15(16)18/h11-13H,4-10H2,1-3H3. The zero-order valence-electron chi connectivity index (χ0n) is 12.8. The number of fused-ring (bicyclic) bond motifs is 2. The Hall–Kier alpha value is -1.06. The summed E-state index contributed by atoms with van der Waals surface area (Å²) in [5.74, 6) is -0.340. The molecule has 0 amide bonds. The normalized spacial score (nSPS) is 34.9. The Morgan fingerprint density at radius 1 is 1.45 bits per heavy atom. The molecule has 4 unspecified atom stereocenters. The second-order valence-corrected chi connectivity index (χ2v) is 6.34. The van der Waals surface area contributed by atoms with E-state index in [2.05, 4.69) is 0 Å². The van der Waals surface area contributed by atoms with E-state index in [0.717, 1.165) is 32.1 Å². The Morgan fingerprint density at radius 3 is 2.85 bits per heavy atom. The maximum atomic E-state index is 12.5.